The van der Waals surface area contributed by atoms with Crippen LogP contribution in [0.2, 0.25) is 0 Å². The van der Waals surface area contributed by atoms with Crippen LogP contribution in [0.25, 0.3) is 6.08 Å². The summed E-state index contributed by atoms with van der Waals surface area (Å²) in [4.78, 5) is 76.5. The van der Waals surface area contributed by atoms with E-state index >= 15 is 0 Å². The number of hydrogen-bond acceptors (Lipinski definition) is 11. The van der Waals surface area contributed by atoms with E-state index in [-0.39, 0.29) is 57.6 Å². The zero-order chi connectivity index (χ0) is 44.2. The van der Waals surface area contributed by atoms with E-state index in [1.807, 2.05) is 36.4 Å². The van der Waals surface area contributed by atoms with Gasteiger partial charge in [0, 0.05) is 28.1 Å². The first-order valence-electron chi connectivity index (χ1n) is 18.1. The standard InChI is InChI=1S/C44H38N6O11/c1-24(23-25-7-5-4-6-8-25)39(53)46-28-13-9-27(10-14-28)41(55)50-34(21-22-45)43(57)47-29-15-11-26(12-16-29)40(54)48-32-19-17-30(35(51)37(32)60-2)42(56)49-33-20-18-31(44(58)59)36(52)38(33)61-3/h4-20,23,34,51-52H,21H2,1-3H3,(H,46,53)(H,47,57)(H,48,54)(H,49,56)(H,50,55)(H,58,59)/b24-23+/t34-/m0/s1. The molecule has 0 spiro atoms. The second-order valence-electron chi connectivity index (χ2n) is 13.0. The van der Waals surface area contributed by atoms with Crippen LogP contribution in [0.1, 0.15) is 60.3 Å². The lowest BCUT2D eigenvalue weighted by Gasteiger charge is -2.17. The van der Waals surface area contributed by atoms with Gasteiger partial charge in [-0.2, -0.15) is 5.26 Å². The lowest BCUT2D eigenvalue weighted by molar-refractivity contribution is -0.118. The summed E-state index contributed by atoms with van der Waals surface area (Å²) in [5, 5.41) is 52.7. The zero-order valence-electron chi connectivity index (χ0n) is 32.7. The van der Waals surface area contributed by atoms with Crippen molar-refractivity contribution < 1.29 is 53.6 Å². The molecule has 0 saturated carbocycles. The van der Waals surface area contributed by atoms with Crippen molar-refractivity contribution in [3.63, 3.8) is 0 Å². The number of phenols is 2. The number of amides is 5. The Hall–Kier alpha value is -8.65. The molecule has 5 rings (SSSR count). The molecule has 0 saturated heterocycles. The van der Waals surface area contributed by atoms with Gasteiger partial charge in [-0.15, -0.1) is 0 Å². The number of nitriles is 1. The molecule has 5 aromatic carbocycles. The molecule has 17 nitrogen and oxygen atoms in total. The number of carbonyl (C=O) groups excluding carboxylic acids is 5. The fourth-order valence-corrected chi connectivity index (χ4v) is 5.77. The van der Waals surface area contributed by atoms with Gasteiger partial charge < -0.3 is 51.4 Å². The number of methoxy groups -OCH3 is 2. The van der Waals surface area contributed by atoms with E-state index in [0.717, 1.165) is 18.7 Å². The van der Waals surface area contributed by atoms with Gasteiger partial charge in [-0.3, -0.25) is 24.0 Å². The summed E-state index contributed by atoms with van der Waals surface area (Å²) in [5.41, 5.74) is 1.44. The molecule has 0 aliphatic rings. The molecule has 0 aromatic heterocycles. The summed E-state index contributed by atoms with van der Waals surface area (Å²) in [5.74, 6) is -6.60. The summed E-state index contributed by atoms with van der Waals surface area (Å²) in [7, 11) is 2.36. The Morgan fingerprint density at radius 1 is 0.656 bits per heavy atom. The fourth-order valence-electron chi connectivity index (χ4n) is 5.77. The van der Waals surface area contributed by atoms with Gasteiger partial charge in [-0.1, -0.05) is 30.3 Å². The number of phenolic OH excluding ortho intramolecular Hbond substituents is 1. The van der Waals surface area contributed by atoms with E-state index in [2.05, 4.69) is 26.6 Å². The van der Waals surface area contributed by atoms with E-state index in [0.29, 0.717) is 11.3 Å². The molecule has 17 heteroatoms. The van der Waals surface area contributed by atoms with Crippen molar-refractivity contribution in [2.75, 3.05) is 35.5 Å². The van der Waals surface area contributed by atoms with Gasteiger partial charge in [-0.05, 0) is 91.4 Å². The molecule has 0 radical (unpaired) electrons. The maximum atomic E-state index is 13.2. The van der Waals surface area contributed by atoms with Crippen LogP contribution in [0.3, 0.4) is 0 Å². The Kier molecular flexibility index (Phi) is 14.0. The number of rotatable bonds is 15. The second-order valence-corrected chi connectivity index (χ2v) is 13.0. The summed E-state index contributed by atoms with van der Waals surface area (Å²) >= 11 is 0. The third kappa shape index (κ3) is 10.7. The van der Waals surface area contributed by atoms with Crippen LogP contribution in [0.4, 0.5) is 22.7 Å². The van der Waals surface area contributed by atoms with E-state index in [4.69, 9.17) is 9.47 Å². The topological polar surface area (TPSA) is 266 Å². The third-order valence-corrected chi connectivity index (χ3v) is 8.92. The average molecular weight is 827 g/mol. The highest BCUT2D eigenvalue weighted by Crippen LogP contribution is 2.40. The van der Waals surface area contributed by atoms with Crippen LogP contribution in [-0.4, -0.2) is 71.1 Å². The number of carboxylic acids is 1. The molecule has 61 heavy (non-hydrogen) atoms. The Bertz CT molecular complexity index is 2570. The normalized spacial score (nSPS) is 11.2. The van der Waals surface area contributed by atoms with Crippen molar-refractivity contribution in [1.29, 1.82) is 5.26 Å². The minimum absolute atomic E-state index is 0.0134. The first-order valence-corrected chi connectivity index (χ1v) is 18.1. The monoisotopic (exact) mass is 826 g/mol. The summed E-state index contributed by atoms with van der Waals surface area (Å²) < 4.78 is 10.3. The number of carboxylic acid groups (broad SMARTS) is 1. The highest BCUT2D eigenvalue weighted by Gasteiger charge is 2.25. The number of aromatic carboxylic acids is 1. The summed E-state index contributed by atoms with van der Waals surface area (Å²) in [6.07, 6.45) is 1.39. The van der Waals surface area contributed by atoms with Crippen molar-refractivity contribution in [2.45, 2.75) is 19.4 Å². The van der Waals surface area contributed by atoms with Gasteiger partial charge in [0.2, 0.25) is 5.91 Å². The number of carbonyl (C=O) groups is 6. The lowest BCUT2D eigenvalue weighted by Crippen LogP contribution is -2.43. The number of ether oxygens (including phenoxy) is 2. The first-order chi connectivity index (χ1) is 29.2. The number of nitrogens with one attached hydrogen (secondary N) is 5. The maximum absolute atomic E-state index is 13.2. The SMILES string of the molecule is COc1c(NC(=O)c2ccc(NC(=O)c3ccc(NC(=O)[C@H](CC#N)NC(=O)c4ccc(NC(=O)/C(C)=C/c5ccccc5)cc4)cc3)c(OC)c2O)ccc(C(=O)O)c1O. The summed E-state index contributed by atoms with van der Waals surface area (Å²) in [6.45, 7) is 1.68. The number of benzene rings is 5. The van der Waals surface area contributed by atoms with Crippen molar-refractivity contribution >= 4 is 64.3 Å². The molecule has 0 heterocycles. The van der Waals surface area contributed by atoms with Crippen LogP contribution in [0, 0.1) is 11.3 Å². The van der Waals surface area contributed by atoms with Crippen molar-refractivity contribution in [3.05, 3.63) is 137 Å². The molecule has 310 valence electrons. The van der Waals surface area contributed by atoms with Gasteiger partial charge in [-0.25, -0.2) is 4.79 Å². The largest absolute Gasteiger partial charge is 0.504 e. The lowest BCUT2D eigenvalue weighted by atomic mass is 10.1. The molecule has 5 amide bonds. The number of anilines is 4. The van der Waals surface area contributed by atoms with Crippen LogP contribution < -0.4 is 36.1 Å². The molecule has 0 unspecified atom stereocenters. The molecule has 8 N–H and O–H groups in total. The van der Waals surface area contributed by atoms with Crippen LogP contribution in [0.15, 0.2) is 109 Å². The Labute approximate surface area is 348 Å². The quantitative estimate of drug-likeness (QED) is 0.0564. The van der Waals surface area contributed by atoms with Gasteiger partial charge >= 0.3 is 5.97 Å². The number of aromatic hydroxyl groups is 2. The molecular weight excluding hydrogens is 789 g/mol. The first kappa shape index (κ1) is 43.5. The smallest absolute Gasteiger partial charge is 0.339 e. The second kappa shape index (κ2) is 19.7. The molecule has 1 atom stereocenters. The van der Waals surface area contributed by atoms with E-state index in [1.54, 1.807) is 13.0 Å². The average Bonchev–Trinajstić information content (AvgIpc) is 3.24. The van der Waals surface area contributed by atoms with Gasteiger partial charge in [0.15, 0.2) is 23.0 Å². The number of hydrogen-bond donors (Lipinski definition) is 8. The molecule has 0 aliphatic carbocycles. The third-order valence-electron chi connectivity index (χ3n) is 8.92. The maximum Gasteiger partial charge on any atom is 0.339 e. The van der Waals surface area contributed by atoms with Crippen LogP contribution >= 0.6 is 0 Å². The zero-order valence-corrected chi connectivity index (χ0v) is 32.7. The van der Waals surface area contributed by atoms with Gasteiger partial charge in [0.1, 0.15) is 11.6 Å². The van der Waals surface area contributed by atoms with Crippen molar-refractivity contribution in [1.82, 2.24) is 5.32 Å². The predicted octanol–water partition coefficient (Wildman–Crippen LogP) is 6.01. The minimum atomic E-state index is -1.42. The van der Waals surface area contributed by atoms with Crippen LogP contribution in [0.5, 0.6) is 23.0 Å². The van der Waals surface area contributed by atoms with Gasteiger partial charge in [0.25, 0.3) is 23.6 Å². The molecule has 0 fully saturated rings. The van der Waals surface area contributed by atoms with E-state index in [1.165, 1.54) is 73.8 Å². The van der Waals surface area contributed by atoms with Crippen molar-refractivity contribution in [3.8, 4) is 29.1 Å². The Morgan fingerprint density at radius 3 is 1.70 bits per heavy atom. The molecule has 0 bridgehead atoms. The van der Waals surface area contributed by atoms with E-state index < -0.39 is 52.7 Å². The highest BCUT2D eigenvalue weighted by atomic mass is 16.5. The van der Waals surface area contributed by atoms with Crippen molar-refractivity contribution in [2.24, 2.45) is 0 Å². The van der Waals surface area contributed by atoms with Gasteiger partial charge in [0.05, 0.1) is 43.6 Å². The molecule has 0 aliphatic heterocycles. The summed E-state index contributed by atoms with van der Waals surface area (Å²) in [6, 6.07) is 26.3. The van der Waals surface area contributed by atoms with Crippen LogP contribution in [-0.2, 0) is 9.59 Å². The van der Waals surface area contributed by atoms with E-state index in [9.17, 15) is 49.3 Å². The predicted molar refractivity (Wildman–Crippen MR) is 224 cm³/mol. The Balaban J connectivity index is 1.18. The Morgan fingerprint density at radius 2 is 1.16 bits per heavy atom. The molecule has 5 aromatic rings. The number of nitrogens with zero attached hydrogens (tertiary/aromatic N) is 1. The highest BCUT2D eigenvalue weighted by molar-refractivity contribution is 6.11. The fraction of sp³-hybridized carbons (Fsp3) is 0.114. The molecular formula is C44H38N6O11. The minimum Gasteiger partial charge on any atom is -0.504 e.